The number of carbonyl (C=O) groups is 1. The van der Waals surface area contributed by atoms with E-state index in [0.29, 0.717) is 12.3 Å². The lowest BCUT2D eigenvalue weighted by molar-refractivity contribution is -0.142. The second kappa shape index (κ2) is 7.66. The minimum absolute atomic E-state index is 0.129. The molecule has 1 N–H and O–H groups in total. The summed E-state index contributed by atoms with van der Waals surface area (Å²) in [6.45, 7) is 9.59. The molecule has 16 heavy (non-hydrogen) atoms. The van der Waals surface area contributed by atoms with Crippen molar-refractivity contribution in [2.75, 3.05) is 13.7 Å². The molecule has 0 amide bonds. The highest BCUT2D eigenvalue weighted by atomic mass is 16.5. The molecule has 0 saturated carbocycles. The normalized spacial score (nSPS) is 14.9. The van der Waals surface area contributed by atoms with Crippen LogP contribution in [0.5, 0.6) is 0 Å². The van der Waals surface area contributed by atoms with Crippen molar-refractivity contribution < 1.29 is 9.53 Å². The van der Waals surface area contributed by atoms with E-state index in [9.17, 15) is 4.79 Å². The van der Waals surface area contributed by atoms with Crippen molar-refractivity contribution >= 4 is 5.97 Å². The first-order valence-electron chi connectivity index (χ1n) is 6.33. The number of methoxy groups -OCH3 is 1. The minimum atomic E-state index is -0.138. The third-order valence-electron chi connectivity index (χ3n) is 3.51. The Morgan fingerprint density at radius 1 is 1.31 bits per heavy atom. The number of esters is 1. The Balaban J connectivity index is 4.20. The van der Waals surface area contributed by atoms with Crippen LogP contribution in [0.25, 0.3) is 0 Å². The molecule has 0 saturated heterocycles. The van der Waals surface area contributed by atoms with E-state index in [1.165, 1.54) is 20.0 Å². The summed E-state index contributed by atoms with van der Waals surface area (Å²) in [6.07, 6.45) is 3.74. The van der Waals surface area contributed by atoms with Crippen LogP contribution < -0.4 is 5.32 Å². The number of rotatable bonds is 8. The van der Waals surface area contributed by atoms with Gasteiger partial charge in [-0.15, -0.1) is 0 Å². The number of nitrogens with one attached hydrogen (secondary N) is 1. The van der Waals surface area contributed by atoms with Crippen LogP contribution in [-0.2, 0) is 9.53 Å². The summed E-state index contributed by atoms with van der Waals surface area (Å²) in [4.78, 5) is 11.3. The predicted molar refractivity (Wildman–Crippen MR) is 67.4 cm³/mol. The van der Waals surface area contributed by atoms with Gasteiger partial charge in [-0.1, -0.05) is 33.6 Å². The van der Waals surface area contributed by atoms with E-state index >= 15 is 0 Å². The van der Waals surface area contributed by atoms with Gasteiger partial charge in [0.15, 0.2) is 0 Å². The molecule has 3 nitrogen and oxygen atoms in total. The van der Waals surface area contributed by atoms with Gasteiger partial charge >= 0.3 is 5.97 Å². The van der Waals surface area contributed by atoms with Gasteiger partial charge in [-0.05, 0) is 25.8 Å². The average Bonchev–Trinajstić information content (AvgIpc) is 2.30. The van der Waals surface area contributed by atoms with Gasteiger partial charge < -0.3 is 10.1 Å². The molecule has 3 heteroatoms. The Morgan fingerprint density at radius 2 is 1.88 bits per heavy atom. The summed E-state index contributed by atoms with van der Waals surface area (Å²) in [5, 5.41) is 3.51. The lowest BCUT2D eigenvalue weighted by Gasteiger charge is -2.30. The van der Waals surface area contributed by atoms with Gasteiger partial charge in [0.25, 0.3) is 0 Å². The van der Waals surface area contributed by atoms with Gasteiger partial charge in [-0.3, -0.25) is 4.79 Å². The van der Waals surface area contributed by atoms with Crippen molar-refractivity contribution in [1.29, 1.82) is 0 Å². The van der Waals surface area contributed by atoms with E-state index in [2.05, 4.69) is 33.0 Å². The van der Waals surface area contributed by atoms with Crippen molar-refractivity contribution in [1.82, 2.24) is 5.32 Å². The maximum Gasteiger partial charge on any atom is 0.307 e. The zero-order valence-electron chi connectivity index (χ0n) is 11.4. The topological polar surface area (TPSA) is 38.3 Å². The molecule has 0 heterocycles. The van der Waals surface area contributed by atoms with Gasteiger partial charge in [0.2, 0.25) is 0 Å². The smallest absolute Gasteiger partial charge is 0.307 e. The summed E-state index contributed by atoms with van der Waals surface area (Å²) < 4.78 is 4.73. The summed E-state index contributed by atoms with van der Waals surface area (Å²) >= 11 is 0. The highest BCUT2D eigenvalue weighted by molar-refractivity contribution is 5.70. The van der Waals surface area contributed by atoms with E-state index in [4.69, 9.17) is 4.74 Å². The summed E-state index contributed by atoms with van der Waals surface area (Å²) in [7, 11) is 1.44. The fourth-order valence-corrected chi connectivity index (χ4v) is 1.67. The first-order valence-corrected chi connectivity index (χ1v) is 6.33. The summed E-state index contributed by atoms with van der Waals surface area (Å²) in [5.74, 6) is 0.560. The highest BCUT2D eigenvalue weighted by Crippen LogP contribution is 2.17. The summed E-state index contributed by atoms with van der Waals surface area (Å²) in [5.41, 5.74) is -0.129. The lowest BCUT2D eigenvalue weighted by Crippen LogP contribution is -2.45. The van der Waals surface area contributed by atoms with Crippen molar-refractivity contribution in [3.8, 4) is 0 Å². The first kappa shape index (κ1) is 15.4. The molecule has 96 valence electrons. The largest absolute Gasteiger partial charge is 0.469 e. The molecule has 0 rings (SSSR count). The molecule has 0 bridgehead atoms. The fraction of sp³-hybridized carbons (Fsp3) is 0.923. The standard InChI is InChI=1S/C13H27NO2/c1-6-11(7-2)10-14-13(4,8-3)9-12(15)16-5/h11,14H,6-10H2,1-5H3. The Labute approximate surface area is 99.9 Å². The Kier molecular flexibility index (Phi) is 7.39. The Bertz CT molecular complexity index is 202. The molecule has 0 radical (unpaired) electrons. The Morgan fingerprint density at radius 3 is 2.25 bits per heavy atom. The maximum absolute atomic E-state index is 11.3. The average molecular weight is 229 g/mol. The zero-order chi connectivity index (χ0) is 12.6. The van der Waals surface area contributed by atoms with E-state index in [0.717, 1.165) is 13.0 Å². The van der Waals surface area contributed by atoms with Crippen molar-refractivity contribution in [3.05, 3.63) is 0 Å². The van der Waals surface area contributed by atoms with Crippen LogP contribution >= 0.6 is 0 Å². The summed E-state index contributed by atoms with van der Waals surface area (Å²) in [6, 6.07) is 0. The molecule has 1 unspecified atom stereocenters. The van der Waals surface area contributed by atoms with Gasteiger partial charge in [0.05, 0.1) is 13.5 Å². The molecule has 0 aromatic heterocycles. The van der Waals surface area contributed by atoms with E-state index in [-0.39, 0.29) is 11.5 Å². The van der Waals surface area contributed by atoms with E-state index in [1.54, 1.807) is 0 Å². The predicted octanol–water partition coefficient (Wildman–Crippen LogP) is 2.74. The SMILES string of the molecule is CCC(CC)CNC(C)(CC)CC(=O)OC. The van der Waals surface area contributed by atoms with Crippen molar-refractivity contribution in [2.45, 2.75) is 58.9 Å². The molecule has 0 fully saturated rings. The molecule has 0 aliphatic rings. The van der Waals surface area contributed by atoms with Crippen LogP contribution in [0.3, 0.4) is 0 Å². The third-order valence-corrected chi connectivity index (χ3v) is 3.51. The molecular weight excluding hydrogens is 202 g/mol. The number of ether oxygens (including phenoxy) is 1. The van der Waals surface area contributed by atoms with E-state index < -0.39 is 0 Å². The van der Waals surface area contributed by atoms with Gasteiger partial charge in [-0.2, -0.15) is 0 Å². The van der Waals surface area contributed by atoms with Gasteiger partial charge in [0.1, 0.15) is 0 Å². The van der Waals surface area contributed by atoms with Crippen LogP contribution in [0, 0.1) is 5.92 Å². The van der Waals surface area contributed by atoms with Crippen molar-refractivity contribution in [2.24, 2.45) is 5.92 Å². The zero-order valence-corrected chi connectivity index (χ0v) is 11.4. The lowest BCUT2D eigenvalue weighted by atomic mass is 9.93. The van der Waals surface area contributed by atoms with E-state index in [1.807, 2.05) is 0 Å². The molecular formula is C13H27NO2. The van der Waals surface area contributed by atoms with Crippen LogP contribution in [0.2, 0.25) is 0 Å². The molecule has 0 aromatic carbocycles. The molecule has 1 atom stereocenters. The molecule has 0 aromatic rings. The second-order valence-corrected chi connectivity index (χ2v) is 4.73. The quantitative estimate of drug-likeness (QED) is 0.650. The molecule has 0 aliphatic heterocycles. The first-order chi connectivity index (χ1) is 7.51. The second-order valence-electron chi connectivity index (χ2n) is 4.73. The third kappa shape index (κ3) is 5.50. The number of hydrogen-bond donors (Lipinski definition) is 1. The monoisotopic (exact) mass is 229 g/mol. The molecule has 0 spiro atoms. The van der Waals surface area contributed by atoms with Crippen molar-refractivity contribution in [3.63, 3.8) is 0 Å². The number of carbonyl (C=O) groups excluding carboxylic acids is 1. The number of hydrogen-bond acceptors (Lipinski definition) is 3. The maximum atomic E-state index is 11.3. The fourth-order valence-electron chi connectivity index (χ4n) is 1.67. The highest BCUT2D eigenvalue weighted by Gasteiger charge is 2.26. The van der Waals surface area contributed by atoms with Crippen LogP contribution in [0.15, 0.2) is 0 Å². The van der Waals surface area contributed by atoms with Crippen LogP contribution in [-0.4, -0.2) is 25.2 Å². The minimum Gasteiger partial charge on any atom is -0.469 e. The Hall–Kier alpha value is -0.570. The van der Waals surface area contributed by atoms with Gasteiger partial charge in [-0.25, -0.2) is 0 Å². The van der Waals surface area contributed by atoms with Crippen LogP contribution in [0.4, 0.5) is 0 Å². The molecule has 0 aliphatic carbocycles. The van der Waals surface area contributed by atoms with Crippen LogP contribution in [0.1, 0.15) is 53.4 Å². The van der Waals surface area contributed by atoms with Gasteiger partial charge in [0, 0.05) is 5.54 Å².